The zero-order chi connectivity index (χ0) is 14.5. The van der Waals surface area contributed by atoms with Crippen LogP contribution in [0.4, 0.5) is 0 Å². The summed E-state index contributed by atoms with van der Waals surface area (Å²) in [4.78, 5) is 13.2. The molecule has 0 aliphatic rings. The van der Waals surface area contributed by atoms with Crippen LogP contribution in [0.2, 0.25) is 0 Å². The van der Waals surface area contributed by atoms with Gasteiger partial charge in [0, 0.05) is 24.8 Å². The number of aromatic nitrogens is 2. The van der Waals surface area contributed by atoms with Crippen molar-refractivity contribution in [3.05, 3.63) is 47.8 Å². The molecular weight excluding hydrogens is 258 g/mol. The van der Waals surface area contributed by atoms with E-state index in [0.29, 0.717) is 18.8 Å². The fourth-order valence-electron chi connectivity index (χ4n) is 1.99. The van der Waals surface area contributed by atoms with Gasteiger partial charge >= 0.3 is 5.97 Å². The minimum atomic E-state index is -0.977. The molecule has 0 aliphatic carbocycles. The number of carboxylic acids is 1. The van der Waals surface area contributed by atoms with Crippen LogP contribution in [0.15, 0.2) is 36.7 Å². The molecule has 0 saturated carbocycles. The van der Waals surface area contributed by atoms with Crippen LogP contribution in [0.5, 0.6) is 0 Å². The van der Waals surface area contributed by atoms with Gasteiger partial charge in [0.05, 0.1) is 24.1 Å². The predicted molar refractivity (Wildman–Crippen MR) is 73.9 cm³/mol. The van der Waals surface area contributed by atoms with Gasteiger partial charge in [-0.2, -0.15) is 5.10 Å². The molecule has 0 amide bonds. The second-order valence-electron chi connectivity index (χ2n) is 4.58. The smallest absolute Gasteiger partial charge is 0.337 e. The van der Waals surface area contributed by atoms with Crippen LogP contribution in [0.1, 0.15) is 15.9 Å². The lowest BCUT2D eigenvalue weighted by Crippen LogP contribution is -2.21. The quantitative estimate of drug-likeness (QED) is 0.822. The van der Waals surface area contributed by atoms with Gasteiger partial charge in [-0.1, -0.05) is 12.1 Å². The molecule has 1 aromatic heterocycles. The summed E-state index contributed by atoms with van der Waals surface area (Å²) in [6.07, 6.45) is 3.50. The Morgan fingerprint density at radius 3 is 2.85 bits per heavy atom. The molecule has 0 aliphatic heterocycles. The van der Waals surface area contributed by atoms with Crippen LogP contribution in [0.25, 0.3) is 5.69 Å². The summed E-state index contributed by atoms with van der Waals surface area (Å²) in [7, 11) is 1.90. The Hall–Kier alpha value is -2.18. The summed E-state index contributed by atoms with van der Waals surface area (Å²) in [6.45, 7) is 1.33. The van der Waals surface area contributed by atoms with Crippen molar-refractivity contribution in [3.8, 4) is 5.69 Å². The standard InChI is InChI=1S/C14H17N3O3/c1-16(6-7-18)9-11-8-15-17(10-11)13-5-3-2-4-12(13)14(19)20/h2-5,8,10,18H,6-7,9H2,1H3,(H,19,20). The van der Waals surface area contributed by atoms with E-state index in [2.05, 4.69) is 5.10 Å². The molecule has 0 unspecified atom stereocenters. The Balaban J connectivity index is 2.23. The Morgan fingerprint density at radius 1 is 1.40 bits per heavy atom. The molecule has 0 saturated heterocycles. The lowest BCUT2D eigenvalue weighted by atomic mass is 10.2. The maximum absolute atomic E-state index is 11.2. The van der Waals surface area contributed by atoms with Gasteiger partial charge in [0.1, 0.15) is 0 Å². The minimum Gasteiger partial charge on any atom is -0.478 e. The van der Waals surface area contributed by atoms with Crippen molar-refractivity contribution in [1.29, 1.82) is 0 Å². The van der Waals surface area contributed by atoms with E-state index in [1.54, 1.807) is 41.3 Å². The lowest BCUT2D eigenvalue weighted by Gasteiger charge is -2.13. The van der Waals surface area contributed by atoms with Crippen LogP contribution in [-0.2, 0) is 6.54 Å². The number of nitrogens with zero attached hydrogens (tertiary/aromatic N) is 3. The predicted octanol–water partition coefficient (Wildman–Crippen LogP) is 0.995. The van der Waals surface area contributed by atoms with Gasteiger partial charge in [-0.3, -0.25) is 4.90 Å². The normalized spacial score (nSPS) is 10.9. The number of rotatable bonds is 6. The number of carbonyl (C=O) groups is 1. The first-order valence-electron chi connectivity index (χ1n) is 6.27. The molecule has 20 heavy (non-hydrogen) atoms. The third kappa shape index (κ3) is 3.23. The molecular formula is C14H17N3O3. The van der Waals surface area contributed by atoms with Crippen molar-refractivity contribution in [3.63, 3.8) is 0 Å². The van der Waals surface area contributed by atoms with Crippen LogP contribution in [-0.4, -0.2) is 51.1 Å². The van der Waals surface area contributed by atoms with Crippen molar-refractivity contribution < 1.29 is 15.0 Å². The average Bonchev–Trinajstić information content (AvgIpc) is 2.87. The van der Waals surface area contributed by atoms with E-state index in [0.717, 1.165) is 5.56 Å². The molecule has 2 rings (SSSR count). The van der Waals surface area contributed by atoms with Crippen molar-refractivity contribution in [1.82, 2.24) is 14.7 Å². The van der Waals surface area contributed by atoms with E-state index in [1.165, 1.54) is 0 Å². The van der Waals surface area contributed by atoms with E-state index in [9.17, 15) is 9.90 Å². The van der Waals surface area contributed by atoms with E-state index >= 15 is 0 Å². The van der Waals surface area contributed by atoms with Crippen LogP contribution < -0.4 is 0 Å². The number of aliphatic hydroxyl groups excluding tert-OH is 1. The summed E-state index contributed by atoms with van der Waals surface area (Å²) in [5.41, 5.74) is 1.71. The van der Waals surface area contributed by atoms with Gasteiger partial charge in [-0.15, -0.1) is 0 Å². The Morgan fingerprint density at radius 2 is 2.15 bits per heavy atom. The molecule has 0 radical (unpaired) electrons. The van der Waals surface area contributed by atoms with E-state index < -0.39 is 5.97 Å². The highest BCUT2D eigenvalue weighted by atomic mass is 16.4. The van der Waals surface area contributed by atoms with Gasteiger partial charge in [-0.05, 0) is 19.2 Å². The first kappa shape index (κ1) is 14.2. The summed E-state index contributed by atoms with van der Waals surface area (Å²) in [6, 6.07) is 6.74. The summed E-state index contributed by atoms with van der Waals surface area (Å²) >= 11 is 0. The third-order valence-electron chi connectivity index (χ3n) is 2.95. The third-order valence-corrected chi connectivity index (χ3v) is 2.95. The van der Waals surface area contributed by atoms with Gasteiger partial charge < -0.3 is 10.2 Å². The van der Waals surface area contributed by atoms with Crippen molar-refractivity contribution in [2.45, 2.75) is 6.54 Å². The first-order chi connectivity index (χ1) is 9.61. The lowest BCUT2D eigenvalue weighted by molar-refractivity contribution is 0.0696. The second kappa shape index (κ2) is 6.31. The van der Waals surface area contributed by atoms with Crippen LogP contribution in [0.3, 0.4) is 0 Å². The molecule has 6 nitrogen and oxygen atoms in total. The Labute approximate surface area is 116 Å². The van der Waals surface area contributed by atoms with Crippen molar-refractivity contribution in [2.75, 3.05) is 20.2 Å². The summed E-state index contributed by atoms with van der Waals surface area (Å²) in [5, 5.41) is 22.2. The zero-order valence-corrected chi connectivity index (χ0v) is 11.2. The van der Waals surface area contributed by atoms with Gasteiger partial charge in [0.25, 0.3) is 0 Å². The highest BCUT2D eigenvalue weighted by molar-refractivity contribution is 5.91. The van der Waals surface area contributed by atoms with Crippen molar-refractivity contribution >= 4 is 5.97 Å². The molecule has 106 valence electrons. The number of hydrogen-bond donors (Lipinski definition) is 2. The SMILES string of the molecule is CN(CCO)Cc1cnn(-c2ccccc2C(=O)O)c1. The molecule has 2 N–H and O–H groups in total. The van der Waals surface area contributed by atoms with E-state index in [1.807, 2.05) is 11.9 Å². The maximum atomic E-state index is 11.2. The molecule has 1 aromatic carbocycles. The number of aromatic carboxylic acids is 1. The number of benzene rings is 1. The number of aliphatic hydroxyl groups is 1. The molecule has 1 heterocycles. The first-order valence-corrected chi connectivity index (χ1v) is 6.27. The van der Waals surface area contributed by atoms with Gasteiger partial charge in [0.15, 0.2) is 0 Å². The molecule has 0 spiro atoms. The molecule has 6 heteroatoms. The maximum Gasteiger partial charge on any atom is 0.337 e. The average molecular weight is 275 g/mol. The Bertz CT molecular complexity index is 595. The molecule has 0 atom stereocenters. The highest BCUT2D eigenvalue weighted by Gasteiger charge is 2.12. The molecule has 2 aromatic rings. The largest absolute Gasteiger partial charge is 0.478 e. The topological polar surface area (TPSA) is 78.6 Å². The molecule has 0 bridgehead atoms. The Kier molecular flexibility index (Phi) is 4.49. The fourth-order valence-corrected chi connectivity index (χ4v) is 1.99. The highest BCUT2D eigenvalue weighted by Crippen LogP contribution is 2.15. The van der Waals surface area contributed by atoms with E-state index in [-0.39, 0.29) is 12.2 Å². The minimum absolute atomic E-state index is 0.104. The number of para-hydroxylation sites is 1. The molecule has 0 fully saturated rings. The number of carboxylic acid groups (broad SMARTS) is 1. The zero-order valence-electron chi connectivity index (χ0n) is 11.2. The fraction of sp³-hybridized carbons (Fsp3) is 0.286. The van der Waals surface area contributed by atoms with Gasteiger partial charge in [0.2, 0.25) is 0 Å². The van der Waals surface area contributed by atoms with Crippen LogP contribution >= 0.6 is 0 Å². The number of likely N-dealkylation sites (N-methyl/N-ethyl adjacent to an activating group) is 1. The summed E-state index contributed by atoms with van der Waals surface area (Å²) in [5.74, 6) is -0.977. The summed E-state index contributed by atoms with van der Waals surface area (Å²) < 4.78 is 1.56. The van der Waals surface area contributed by atoms with Crippen LogP contribution in [0, 0.1) is 0 Å². The van der Waals surface area contributed by atoms with Gasteiger partial charge in [-0.25, -0.2) is 9.48 Å². The van der Waals surface area contributed by atoms with E-state index in [4.69, 9.17) is 5.11 Å². The number of hydrogen-bond acceptors (Lipinski definition) is 4. The monoisotopic (exact) mass is 275 g/mol. The van der Waals surface area contributed by atoms with Crippen molar-refractivity contribution in [2.24, 2.45) is 0 Å². The second-order valence-corrected chi connectivity index (χ2v) is 4.58.